The molecule has 0 aliphatic heterocycles. The molecule has 3 atom stereocenters. The second kappa shape index (κ2) is 3.89. The highest BCUT2D eigenvalue weighted by atomic mass is 35.5. The van der Waals surface area contributed by atoms with Crippen molar-refractivity contribution in [3.05, 3.63) is 0 Å². The fourth-order valence-electron chi connectivity index (χ4n) is 0.542. The average molecular weight is 149 g/mol. The molecule has 1 nitrogen and oxygen atoms in total. The second-order valence-corrected chi connectivity index (χ2v) is 3.22. The van der Waals surface area contributed by atoms with Gasteiger partial charge in [-0.1, -0.05) is 13.8 Å². The van der Waals surface area contributed by atoms with Crippen molar-refractivity contribution >= 4 is 17.9 Å². The lowest BCUT2D eigenvalue weighted by molar-refractivity contribution is -0.111. The van der Waals surface area contributed by atoms with E-state index in [4.69, 9.17) is 11.6 Å². The summed E-state index contributed by atoms with van der Waals surface area (Å²) in [5.74, 6) is 0.363. The predicted octanol–water partition coefficient (Wildman–Crippen LogP) is 2.08. The van der Waals surface area contributed by atoms with Gasteiger partial charge in [-0.2, -0.15) is 0 Å². The van der Waals surface area contributed by atoms with E-state index in [1.54, 1.807) is 0 Å². The molecule has 54 valence electrons. The van der Waals surface area contributed by atoms with Crippen LogP contribution in [0.25, 0.3) is 0 Å². The molecule has 3 unspecified atom stereocenters. The zero-order valence-electron chi connectivity index (χ0n) is 6.10. The Labute approximate surface area is 61.4 Å². The Morgan fingerprint density at radius 3 is 1.89 bits per heavy atom. The van der Waals surface area contributed by atoms with Gasteiger partial charge in [0.2, 0.25) is 0 Å². The minimum absolute atomic E-state index is 0.0810. The molecule has 9 heavy (non-hydrogen) atoms. The van der Waals surface area contributed by atoms with Crippen molar-refractivity contribution in [2.45, 2.75) is 26.1 Å². The van der Waals surface area contributed by atoms with Gasteiger partial charge in [-0.05, 0) is 12.8 Å². The highest BCUT2D eigenvalue weighted by Crippen LogP contribution is 2.16. The number of hydrogen-bond donors (Lipinski definition) is 0. The summed E-state index contributed by atoms with van der Waals surface area (Å²) in [7, 11) is 0. The van der Waals surface area contributed by atoms with E-state index >= 15 is 0 Å². The van der Waals surface area contributed by atoms with E-state index in [0.29, 0.717) is 0 Å². The van der Waals surface area contributed by atoms with Crippen LogP contribution < -0.4 is 0 Å². The van der Waals surface area contributed by atoms with E-state index in [9.17, 15) is 4.79 Å². The lowest BCUT2D eigenvalue weighted by Gasteiger charge is -2.15. The zero-order valence-corrected chi connectivity index (χ0v) is 6.85. The average Bonchev–Trinajstić information content (AvgIpc) is 1.84. The molecule has 0 radical (unpaired) electrons. The first-order chi connectivity index (χ1) is 4.09. The molecule has 0 aliphatic carbocycles. The Morgan fingerprint density at radius 1 is 1.33 bits per heavy atom. The van der Waals surface area contributed by atoms with Crippen molar-refractivity contribution in [1.29, 1.82) is 0 Å². The third kappa shape index (κ3) is 2.85. The quantitative estimate of drug-likeness (QED) is 0.443. The van der Waals surface area contributed by atoms with Crippen LogP contribution in [-0.4, -0.2) is 11.7 Å². The maximum Gasteiger partial charge on any atom is 0.123 e. The Morgan fingerprint density at radius 2 is 1.78 bits per heavy atom. The van der Waals surface area contributed by atoms with Crippen LogP contribution in [-0.2, 0) is 4.79 Å². The molecule has 0 aromatic rings. The van der Waals surface area contributed by atoms with Crippen LogP contribution in [0.2, 0.25) is 0 Å². The Hall–Kier alpha value is -0.0400. The molecular weight excluding hydrogens is 136 g/mol. The molecular formula is C7H13ClO. The van der Waals surface area contributed by atoms with Crippen molar-refractivity contribution < 1.29 is 4.79 Å². The van der Waals surface area contributed by atoms with Gasteiger partial charge in [0.05, 0.1) is 0 Å². The van der Waals surface area contributed by atoms with Gasteiger partial charge in [-0.15, -0.1) is 11.6 Å². The van der Waals surface area contributed by atoms with Crippen LogP contribution in [0.1, 0.15) is 20.8 Å². The van der Waals surface area contributed by atoms with E-state index in [1.165, 1.54) is 0 Å². The predicted molar refractivity (Wildman–Crippen MR) is 39.7 cm³/mol. The molecule has 0 bridgehead atoms. The molecule has 0 heterocycles. The van der Waals surface area contributed by atoms with Crippen LogP contribution in [0.4, 0.5) is 0 Å². The fourth-order valence-corrected chi connectivity index (χ4v) is 0.772. The highest BCUT2D eigenvalue weighted by Gasteiger charge is 2.15. The fraction of sp³-hybridized carbons (Fsp3) is 0.857. The third-order valence-electron chi connectivity index (χ3n) is 1.77. The van der Waals surface area contributed by atoms with Crippen molar-refractivity contribution in [1.82, 2.24) is 0 Å². The molecule has 0 N–H and O–H groups in total. The van der Waals surface area contributed by atoms with Crippen molar-refractivity contribution in [2.24, 2.45) is 11.8 Å². The molecule has 0 aromatic heterocycles. The van der Waals surface area contributed by atoms with Crippen LogP contribution in [0.3, 0.4) is 0 Å². The van der Waals surface area contributed by atoms with E-state index < -0.39 is 0 Å². The summed E-state index contributed by atoms with van der Waals surface area (Å²) in [6, 6.07) is 0. The molecule has 0 rings (SSSR count). The number of aldehydes is 1. The summed E-state index contributed by atoms with van der Waals surface area (Å²) in [4.78, 5) is 10.2. The summed E-state index contributed by atoms with van der Waals surface area (Å²) in [5.41, 5.74) is 0. The standard InChI is InChI=1S/C7H13ClO/c1-5(4-9)6(2)7(3)8/h4-7H,1-3H3. The Bertz CT molecular complexity index is 90.9. The van der Waals surface area contributed by atoms with Crippen molar-refractivity contribution in [3.63, 3.8) is 0 Å². The highest BCUT2D eigenvalue weighted by molar-refractivity contribution is 6.20. The molecule has 0 saturated carbocycles. The van der Waals surface area contributed by atoms with Gasteiger partial charge in [0.15, 0.2) is 0 Å². The third-order valence-corrected chi connectivity index (χ3v) is 2.17. The van der Waals surface area contributed by atoms with E-state index in [0.717, 1.165) is 6.29 Å². The summed E-state index contributed by atoms with van der Waals surface area (Å²) in [5, 5.41) is 0.0881. The number of halogens is 1. The summed E-state index contributed by atoms with van der Waals surface area (Å²) in [6.07, 6.45) is 0.948. The first-order valence-electron chi connectivity index (χ1n) is 3.19. The van der Waals surface area contributed by atoms with Crippen LogP contribution in [0.15, 0.2) is 0 Å². The monoisotopic (exact) mass is 148 g/mol. The molecule has 0 aromatic carbocycles. The molecule has 0 saturated heterocycles. The van der Waals surface area contributed by atoms with Gasteiger partial charge in [0, 0.05) is 11.3 Å². The number of alkyl halides is 1. The van der Waals surface area contributed by atoms with E-state index in [1.807, 2.05) is 20.8 Å². The lowest BCUT2D eigenvalue weighted by Crippen LogP contribution is -2.17. The van der Waals surface area contributed by atoms with E-state index in [2.05, 4.69) is 0 Å². The molecule has 0 aliphatic rings. The normalized spacial score (nSPS) is 20.4. The SMILES string of the molecule is CC(Cl)C(C)C(C)C=O. The molecule has 0 amide bonds. The lowest BCUT2D eigenvalue weighted by atomic mass is 9.95. The Balaban J connectivity index is 3.71. The second-order valence-electron chi connectivity index (χ2n) is 2.53. The maximum atomic E-state index is 10.2. The van der Waals surface area contributed by atoms with Gasteiger partial charge < -0.3 is 4.79 Å². The van der Waals surface area contributed by atoms with Crippen LogP contribution in [0.5, 0.6) is 0 Å². The number of carbonyl (C=O) groups is 1. The van der Waals surface area contributed by atoms with Gasteiger partial charge in [-0.3, -0.25) is 0 Å². The van der Waals surface area contributed by atoms with Gasteiger partial charge in [0.1, 0.15) is 6.29 Å². The van der Waals surface area contributed by atoms with Gasteiger partial charge in [0.25, 0.3) is 0 Å². The smallest absolute Gasteiger partial charge is 0.123 e. The largest absolute Gasteiger partial charge is 0.303 e. The first kappa shape index (κ1) is 8.96. The van der Waals surface area contributed by atoms with Crippen LogP contribution in [0, 0.1) is 11.8 Å². The first-order valence-corrected chi connectivity index (χ1v) is 3.62. The van der Waals surface area contributed by atoms with Gasteiger partial charge in [-0.25, -0.2) is 0 Å². The summed E-state index contributed by atoms with van der Waals surface area (Å²) < 4.78 is 0. The summed E-state index contributed by atoms with van der Waals surface area (Å²) in [6.45, 7) is 5.78. The molecule has 2 heteroatoms. The number of hydrogen-bond acceptors (Lipinski definition) is 1. The minimum Gasteiger partial charge on any atom is -0.303 e. The maximum absolute atomic E-state index is 10.2. The minimum atomic E-state index is 0.0810. The molecule has 0 spiro atoms. The topological polar surface area (TPSA) is 17.1 Å². The number of carbonyl (C=O) groups excluding carboxylic acids is 1. The van der Waals surface area contributed by atoms with Gasteiger partial charge >= 0.3 is 0 Å². The van der Waals surface area contributed by atoms with Crippen molar-refractivity contribution in [3.8, 4) is 0 Å². The number of rotatable bonds is 3. The van der Waals surface area contributed by atoms with Crippen LogP contribution >= 0.6 is 11.6 Å². The molecule has 0 fully saturated rings. The van der Waals surface area contributed by atoms with E-state index in [-0.39, 0.29) is 17.2 Å². The Kier molecular flexibility index (Phi) is 3.87. The zero-order chi connectivity index (χ0) is 7.44. The summed E-state index contributed by atoms with van der Waals surface area (Å²) >= 11 is 5.74. The van der Waals surface area contributed by atoms with Crippen molar-refractivity contribution in [2.75, 3.05) is 0 Å².